The molecular weight excluding hydrogens is 440 g/mol. The summed E-state index contributed by atoms with van der Waals surface area (Å²) in [5.74, 6) is 0. The average Bonchev–Trinajstić information content (AvgIpc) is 3.38. The van der Waals surface area contributed by atoms with Crippen LogP contribution in [0.5, 0.6) is 0 Å². The molecule has 36 heavy (non-hydrogen) atoms. The molecule has 6 rings (SSSR count). The minimum atomic E-state index is 1.10. The van der Waals surface area contributed by atoms with Crippen LogP contribution in [0.25, 0.3) is 43.7 Å². The monoisotopic (exact) mass is 480 g/mol. The first kappa shape index (κ1) is 26.9. The van der Waals surface area contributed by atoms with Crippen molar-refractivity contribution in [2.24, 2.45) is 14.1 Å². The second-order valence-electron chi connectivity index (χ2n) is 8.69. The van der Waals surface area contributed by atoms with Crippen molar-refractivity contribution in [2.45, 2.75) is 55.4 Å². The molecule has 0 aliphatic rings. The van der Waals surface area contributed by atoms with Gasteiger partial charge in [-0.05, 0) is 68.1 Å². The van der Waals surface area contributed by atoms with E-state index in [1.54, 1.807) is 0 Å². The van der Waals surface area contributed by atoms with Gasteiger partial charge in [0, 0.05) is 48.8 Å². The minimum Gasteiger partial charge on any atom is -0.343 e. The van der Waals surface area contributed by atoms with Crippen LogP contribution in [0.4, 0.5) is 0 Å². The summed E-state index contributed by atoms with van der Waals surface area (Å²) in [6.45, 7) is 16.7. The number of fused-ring (bicyclic) bond motifs is 6. The first-order valence-corrected chi connectivity index (χ1v) is 13.0. The second kappa shape index (κ2) is 11.4. The van der Waals surface area contributed by atoms with E-state index in [0.717, 1.165) is 5.52 Å². The largest absolute Gasteiger partial charge is 0.343 e. The number of rotatable bonds is 0. The molecule has 6 aromatic rings. The van der Waals surface area contributed by atoms with Gasteiger partial charge >= 0.3 is 0 Å². The molecule has 0 radical (unpaired) electrons. The summed E-state index contributed by atoms with van der Waals surface area (Å²) in [6.07, 6.45) is 5.66. The van der Waals surface area contributed by atoms with Crippen LogP contribution in [0, 0.1) is 27.7 Å². The minimum absolute atomic E-state index is 1.10. The summed E-state index contributed by atoms with van der Waals surface area (Å²) in [5.41, 5.74) is 11.5. The van der Waals surface area contributed by atoms with Gasteiger partial charge < -0.3 is 9.13 Å². The van der Waals surface area contributed by atoms with E-state index < -0.39 is 0 Å². The van der Waals surface area contributed by atoms with Gasteiger partial charge in [-0.1, -0.05) is 52.0 Å². The number of nitrogens with zero attached hydrogens (tertiary/aromatic N) is 4. The molecule has 4 aromatic heterocycles. The molecule has 4 heterocycles. The number of pyridine rings is 2. The molecule has 4 nitrogen and oxygen atoms in total. The number of hydrogen-bond donors (Lipinski definition) is 0. The highest BCUT2D eigenvalue weighted by Gasteiger charge is 2.12. The average molecular weight is 481 g/mol. The topological polar surface area (TPSA) is 35.6 Å². The molecule has 0 atom stereocenters. The molecule has 0 amide bonds. The Kier molecular flexibility index (Phi) is 8.52. The normalized spacial score (nSPS) is 10.5. The highest BCUT2D eigenvalue weighted by atomic mass is 15.0. The molecule has 188 valence electrons. The van der Waals surface area contributed by atoms with Crippen LogP contribution in [-0.2, 0) is 14.1 Å². The Balaban J connectivity index is 0.000000177. The molecule has 0 spiro atoms. The van der Waals surface area contributed by atoms with E-state index in [2.05, 4.69) is 97.3 Å². The first-order chi connectivity index (χ1) is 17.4. The van der Waals surface area contributed by atoms with Gasteiger partial charge in [-0.2, -0.15) is 0 Å². The molecule has 2 aromatic carbocycles. The molecule has 0 saturated carbocycles. The van der Waals surface area contributed by atoms with Gasteiger partial charge in [0.25, 0.3) is 0 Å². The predicted octanol–water partition coefficient (Wildman–Crippen LogP) is 8.74. The van der Waals surface area contributed by atoms with E-state index in [-0.39, 0.29) is 0 Å². The van der Waals surface area contributed by atoms with Gasteiger partial charge in [-0.3, -0.25) is 9.97 Å². The van der Waals surface area contributed by atoms with Crippen LogP contribution in [0.2, 0.25) is 0 Å². The van der Waals surface area contributed by atoms with Crippen LogP contribution < -0.4 is 0 Å². The summed E-state index contributed by atoms with van der Waals surface area (Å²) in [6, 6.07) is 14.9. The highest BCUT2D eigenvalue weighted by molar-refractivity contribution is 6.09. The van der Waals surface area contributed by atoms with Crippen molar-refractivity contribution in [1.82, 2.24) is 19.1 Å². The molecular formula is C32H40N4. The van der Waals surface area contributed by atoms with E-state index >= 15 is 0 Å². The van der Waals surface area contributed by atoms with Crippen molar-refractivity contribution >= 4 is 43.7 Å². The molecule has 0 aliphatic heterocycles. The molecule has 0 unspecified atom stereocenters. The standard InChI is InChI=1S/2C14H14N2.2C2H6/c1-9-4-5-11-12-8-15-7-6-13(12)16(3)14(11)10(9)2;1-9-6-7-11-13-12(5-4-8-15-13)16(3)14(11)10(9)2;2*1-2/h2*4-8H,1-3H3;2*1-2H3. The highest BCUT2D eigenvalue weighted by Crippen LogP contribution is 2.31. The Labute approximate surface area is 215 Å². The smallest absolute Gasteiger partial charge is 0.0959 e. The molecule has 0 fully saturated rings. The lowest BCUT2D eigenvalue weighted by Gasteiger charge is -2.04. The molecule has 0 aliphatic carbocycles. The van der Waals surface area contributed by atoms with Crippen LogP contribution in [-0.4, -0.2) is 19.1 Å². The Morgan fingerprint density at radius 1 is 0.583 bits per heavy atom. The number of aryl methyl sites for hydroxylation is 6. The third-order valence-electron chi connectivity index (χ3n) is 6.93. The summed E-state index contributed by atoms with van der Waals surface area (Å²) >= 11 is 0. The molecule has 4 heteroatoms. The van der Waals surface area contributed by atoms with Gasteiger partial charge in [-0.15, -0.1) is 0 Å². The van der Waals surface area contributed by atoms with E-state index in [9.17, 15) is 0 Å². The Hall–Kier alpha value is -3.66. The van der Waals surface area contributed by atoms with Gasteiger partial charge in [0.05, 0.1) is 27.6 Å². The Bertz CT molecular complexity index is 1510. The molecule has 0 N–H and O–H groups in total. The van der Waals surface area contributed by atoms with Gasteiger partial charge in [-0.25, -0.2) is 0 Å². The lowest BCUT2D eigenvalue weighted by Crippen LogP contribution is -1.90. The van der Waals surface area contributed by atoms with Crippen molar-refractivity contribution in [1.29, 1.82) is 0 Å². The zero-order chi connectivity index (χ0) is 26.6. The third-order valence-corrected chi connectivity index (χ3v) is 6.93. The summed E-state index contributed by atoms with van der Waals surface area (Å²) in [5, 5.41) is 3.79. The fourth-order valence-electron chi connectivity index (χ4n) is 4.88. The summed E-state index contributed by atoms with van der Waals surface area (Å²) in [7, 11) is 4.23. The SMILES string of the molecule is CC.CC.Cc1ccc2c3cnccc3n(C)c2c1C.Cc1ccc2c3ncccc3n(C)c2c1C. The van der Waals surface area contributed by atoms with Crippen LogP contribution in [0.15, 0.2) is 61.1 Å². The molecule has 0 bridgehead atoms. The Morgan fingerprint density at radius 2 is 1.14 bits per heavy atom. The number of benzene rings is 2. The van der Waals surface area contributed by atoms with Crippen molar-refractivity contribution in [3.05, 3.63) is 83.3 Å². The van der Waals surface area contributed by atoms with Gasteiger partial charge in [0.1, 0.15) is 0 Å². The second-order valence-corrected chi connectivity index (χ2v) is 8.69. The quantitative estimate of drug-likeness (QED) is 0.218. The number of hydrogen-bond acceptors (Lipinski definition) is 2. The van der Waals surface area contributed by atoms with Crippen LogP contribution in [0.1, 0.15) is 49.9 Å². The van der Waals surface area contributed by atoms with Crippen LogP contribution >= 0.6 is 0 Å². The zero-order valence-electron chi connectivity index (χ0n) is 23.6. The van der Waals surface area contributed by atoms with Crippen molar-refractivity contribution in [2.75, 3.05) is 0 Å². The van der Waals surface area contributed by atoms with E-state index in [1.807, 2.05) is 52.4 Å². The van der Waals surface area contributed by atoms with Gasteiger partial charge in [0.15, 0.2) is 0 Å². The van der Waals surface area contributed by atoms with E-state index in [4.69, 9.17) is 0 Å². The lowest BCUT2D eigenvalue weighted by atomic mass is 10.1. The first-order valence-electron chi connectivity index (χ1n) is 13.0. The maximum Gasteiger partial charge on any atom is 0.0959 e. The Morgan fingerprint density at radius 3 is 1.78 bits per heavy atom. The maximum atomic E-state index is 4.48. The predicted molar refractivity (Wildman–Crippen MR) is 158 cm³/mol. The number of aromatic nitrogens is 4. The van der Waals surface area contributed by atoms with Crippen molar-refractivity contribution in [3.8, 4) is 0 Å². The van der Waals surface area contributed by atoms with Gasteiger partial charge in [0.2, 0.25) is 0 Å². The lowest BCUT2D eigenvalue weighted by molar-refractivity contribution is 1.00. The van der Waals surface area contributed by atoms with Crippen LogP contribution in [0.3, 0.4) is 0 Å². The third kappa shape index (κ3) is 4.48. The maximum absolute atomic E-state index is 4.48. The zero-order valence-corrected chi connectivity index (χ0v) is 23.6. The fourth-order valence-corrected chi connectivity index (χ4v) is 4.88. The molecule has 0 saturated heterocycles. The summed E-state index contributed by atoms with van der Waals surface area (Å²) < 4.78 is 4.49. The van der Waals surface area contributed by atoms with Crippen molar-refractivity contribution in [3.63, 3.8) is 0 Å². The summed E-state index contributed by atoms with van der Waals surface area (Å²) in [4.78, 5) is 8.70. The van der Waals surface area contributed by atoms with E-state index in [1.165, 1.54) is 60.5 Å². The van der Waals surface area contributed by atoms with E-state index in [0.29, 0.717) is 0 Å². The van der Waals surface area contributed by atoms with Crippen molar-refractivity contribution < 1.29 is 0 Å². The fraction of sp³-hybridized carbons (Fsp3) is 0.312.